The van der Waals surface area contributed by atoms with Crippen LogP contribution in [0.3, 0.4) is 0 Å². The number of nitrogens with two attached hydrogens (primary N) is 1. The Morgan fingerprint density at radius 2 is 1.50 bits per heavy atom. The average Bonchev–Trinajstić information content (AvgIpc) is 3.15. The number of amides is 3. The van der Waals surface area contributed by atoms with Crippen molar-refractivity contribution in [3.05, 3.63) is 0 Å². The summed E-state index contributed by atoms with van der Waals surface area (Å²) in [5.41, 5.74) is 5.52. The van der Waals surface area contributed by atoms with Gasteiger partial charge in [0.05, 0.1) is 18.9 Å². The van der Waals surface area contributed by atoms with Gasteiger partial charge >= 0.3 is 17.9 Å². The first-order valence-corrected chi connectivity index (χ1v) is 10.2. The minimum Gasteiger partial charge on any atom is -0.481 e. The number of nitrogens with one attached hydrogen (secondary N) is 2. The van der Waals surface area contributed by atoms with Crippen LogP contribution in [-0.4, -0.2) is 86.6 Å². The first-order chi connectivity index (χ1) is 14.8. The van der Waals surface area contributed by atoms with E-state index < -0.39 is 72.6 Å². The molecule has 1 fully saturated rings. The van der Waals surface area contributed by atoms with Gasteiger partial charge in [-0.2, -0.15) is 0 Å². The molecule has 4 unspecified atom stereocenters. The monoisotopic (exact) mass is 458 g/mol. The summed E-state index contributed by atoms with van der Waals surface area (Å²) >= 11 is 0. The Labute approximate surface area is 184 Å². The Morgan fingerprint density at radius 3 is 2.00 bits per heavy atom. The lowest BCUT2D eigenvalue weighted by Crippen LogP contribution is -2.57. The van der Waals surface area contributed by atoms with Crippen molar-refractivity contribution < 1.29 is 44.1 Å². The maximum Gasteiger partial charge on any atom is 0.326 e. The van der Waals surface area contributed by atoms with E-state index in [1.54, 1.807) is 13.8 Å². The third-order valence-electron chi connectivity index (χ3n) is 4.89. The van der Waals surface area contributed by atoms with Crippen LogP contribution in [0.2, 0.25) is 0 Å². The Balaban J connectivity index is 3.01. The Hall–Kier alpha value is -3.22. The normalized spacial score (nSPS) is 18.5. The SMILES string of the molecule is CC(C)CC(NC(=O)C(N)CC(=O)O)C(=O)NC(CC(=O)O)C(=O)N1CCCC1C(=O)O. The fraction of sp³-hybridized carbons (Fsp3) is 0.684. The van der Waals surface area contributed by atoms with E-state index in [-0.39, 0.29) is 25.3 Å². The molecular weight excluding hydrogens is 428 g/mol. The number of carboxylic acids is 3. The van der Waals surface area contributed by atoms with E-state index in [0.717, 1.165) is 4.90 Å². The standard InChI is InChI=1S/C19H30N4O9/c1-9(2)6-11(21-16(28)10(20)7-14(24)25)17(29)22-12(8-15(26)27)18(30)23-5-3-4-13(23)19(31)32/h9-13H,3-8,20H2,1-2H3,(H,21,28)(H,22,29)(H,24,25)(H,26,27)(H,31,32). The molecule has 13 nitrogen and oxygen atoms in total. The predicted molar refractivity (Wildman–Crippen MR) is 108 cm³/mol. The van der Waals surface area contributed by atoms with E-state index in [4.69, 9.17) is 15.9 Å². The Morgan fingerprint density at radius 1 is 0.938 bits per heavy atom. The molecule has 0 spiro atoms. The number of likely N-dealkylation sites (tertiary alicyclic amines) is 1. The molecule has 13 heteroatoms. The van der Waals surface area contributed by atoms with Gasteiger partial charge in [-0.15, -0.1) is 0 Å². The van der Waals surface area contributed by atoms with Gasteiger partial charge in [0.2, 0.25) is 17.7 Å². The molecule has 1 rings (SSSR count). The average molecular weight is 458 g/mol. The summed E-state index contributed by atoms with van der Waals surface area (Å²) in [5, 5.41) is 31.9. The number of carbonyl (C=O) groups is 6. The first-order valence-electron chi connectivity index (χ1n) is 10.2. The van der Waals surface area contributed by atoms with Crippen LogP contribution >= 0.6 is 0 Å². The van der Waals surface area contributed by atoms with Crippen LogP contribution < -0.4 is 16.4 Å². The highest BCUT2D eigenvalue weighted by Gasteiger charge is 2.39. The molecule has 1 saturated heterocycles. The molecule has 1 aliphatic rings. The summed E-state index contributed by atoms with van der Waals surface area (Å²) in [7, 11) is 0. The largest absolute Gasteiger partial charge is 0.481 e. The lowest BCUT2D eigenvalue weighted by atomic mass is 10.0. The minimum atomic E-state index is -1.54. The van der Waals surface area contributed by atoms with Crippen molar-refractivity contribution in [1.82, 2.24) is 15.5 Å². The second-order valence-corrected chi connectivity index (χ2v) is 8.08. The molecule has 4 atom stereocenters. The molecule has 180 valence electrons. The van der Waals surface area contributed by atoms with Crippen LogP contribution in [0.4, 0.5) is 0 Å². The Kier molecular flexibility index (Phi) is 10.0. The summed E-state index contributed by atoms with van der Waals surface area (Å²) < 4.78 is 0. The zero-order valence-electron chi connectivity index (χ0n) is 17.9. The van der Waals surface area contributed by atoms with E-state index in [2.05, 4.69) is 10.6 Å². The van der Waals surface area contributed by atoms with Crippen molar-refractivity contribution in [1.29, 1.82) is 0 Å². The lowest BCUT2D eigenvalue weighted by Gasteiger charge is -2.28. The molecule has 3 amide bonds. The highest BCUT2D eigenvalue weighted by Crippen LogP contribution is 2.19. The summed E-state index contributed by atoms with van der Waals surface area (Å²) in [6.07, 6.45) is -0.707. The lowest BCUT2D eigenvalue weighted by molar-refractivity contribution is -0.150. The van der Waals surface area contributed by atoms with Crippen molar-refractivity contribution in [2.24, 2.45) is 11.7 Å². The number of carbonyl (C=O) groups excluding carboxylic acids is 3. The number of hydrogen-bond donors (Lipinski definition) is 6. The summed E-state index contributed by atoms with van der Waals surface area (Å²) in [5.74, 6) is -6.62. The topological polar surface area (TPSA) is 216 Å². The molecule has 0 aliphatic carbocycles. The number of carboxylic acid groups (broad SMARTS) is 3. The third-order valence-corrected chi connectivity index (χ3v) is 4.89. The second-order valence-electron chi connectivity index (χ2n) is 8.08. The zero-order valence-corrected chi connectivity index (χ0v) is 17.9. The first kappa shape index (κ1) is 26.8. The van der Waals surface area contributed by atoms with Crippen LogP contribution in [0, 0.1) is 5.92 Å². The van der Waals surface area contributed by atoms with Crippen molar-refractivity contribution in [3.63, 3.8) is 0 Å². The molecular formula is C19H30N4O9. The summed E-state index contributed by atoms with van der Waals surface area (Å²) in [6.45, 7) is 3.62. The van der Waals surface area contributed by atoms with Crippen LogP contribution in [0.5, 0.6) is 0 Å². The number of aliphatic carboxylic acids is 3. The van der Waals surface area contributed by atoms with E-state index >= 15 is 0 Å². The second kappa shape index (κ2) is 12.0. The van der Waals surface area contributed by atoms with Gasteiger partial charge in [0.25, 0.3) is 0 Å². The minimum absolute atomic E-state index is 0.104. The molecule has 0 aromatic carbocycles. The van der Waals surface area contributed by atoms with Crippen molar-refractivity contribution in [3.8, 4) is 0 Å². The van der Waals surface area contributed by atoms with Gasteiger partial charge in [0.1, 0.15) is 18.1 Å². The van der Waals surface area contributed by atoms with Crippen LogP contribution in [0.15, 0.2) is 0 Å². The number of nitrogens with zero attached hydrogens (tertiary/aromatic N) is 1. The molecule has 0 aromatic heterocycles. The molecule has 7 N–H and O–H groups in total. The highest BCUT2D eigenvalue weighted by molar-refractivity contribution is 5.96. The summed E-state index contributed by atoms with van der Waals surface area (Å²) in [4.78, 5) is 72.3. The fourth-order valence-electron chi connectivity index (χ4n) is 3.40. The molecule has 1 aliphatic heterocycles. The molecule has 1 heterocycles. The maximum atomic E-state index is 12.8. The third kappa shape index (κ3) is 8.13. The maximum absolute atomic E-state index is 12.8. The molecule has 0 bridgehead atoms. The van der Waals surface area contributed by atoms with Gasteiger partial charge in [-0.1, -0.05) is 13.8 Å². The van der Waals surface area contributed by atoms with Gasteiger partial charge in [0, 0.05) is 6.54 Å². The van der Waals surface area contributed by atoms with E-state index in [1.165, 1.54) is 0 Å². The van der Waals surface area contributed by atoms with E-state index in [1.807, 2.05) is 0 Å². The van der Waals surface area contributed by atoms with Crippen molar-refractivity contribution >= 4 is 35.6 Å². The highest BCUT2D eigenvalue weighted by atomic mass is 16.4. The fourth-order valence-corrected chi connectivity index (χ4v) is 3.40. The quantitative estimate of drug-likeness (QED) is 0.196. The van der Waals surface area contributed by atoms with Crippen molar-refractivity contribution in [2.45, 2.75) is 70.1 Å². The van der Waals surface area contributed by atoms with Crippen LogP contribution in [-0.2, 0) is 28.8 Å². The van der Waals surface area contributed by atoms with Gasteiger partial charge in [-0.25, -0.2) is 4.79 Å². The van der Waals surface area contributed by atoms with Crippen LogP contribution in [0.25, 0.3) is 0 Å². The Bertz CT molecular complexity index is 755. The van der Waals surface area contributed by atoms with Gasteiger partial charge in [-0.05, 0) is 25.2 Å². The molecule has 0 radical (unpaired) electrons. The van der Waals surface area contributed by atoms with E-state index in [0.29, 0.717) is 6.42 Å². The van der Waals surface area contributed by atoms with Gasteiger partial charge in [-0.3, -0.25) is 24.0 Å². The van der Waals surface area contributed by atoms with Crippen molar-refractivity contribution in [2.75, 3.05) is 6.54 Å². The van der Waals surface area contributed by atoms with Crippen LogP contribution in [0.1, 0.15) is 46.0 Å². The zero-order chi connectivity index (χ0) is 24.6. The molecule has 0 aromatic rings. The molecule has 0 saturated carbocycles. The van der Waals surface area contributed by atoms with E-state index in [9.17, 15) is 33.9 Å². The van der Waals surface area contributed by atoms with Gasteiger partial charge in [0.15, 0.2) is 0 Å². The summed E-state index contributed by atoms with van der Waals surface area (Å²) in [6, 6.07) is -5.28. The molecule has 32 heavy (non-hydrogen) atoms. The smallest absolute Gasteiger partial charge is 0.326 e. The number of rotatable bonds is 12. The number of hydrogen-bond acceptors (Lipinski definition) is 7. The van der Waals surface area contributed by atoms with Gasteiger partial charge < -0.3 is 36.6 Å². The predicted octanol–water partition coefficient (Wildman–Crippen LogP) is -1.65.